The third-order valence-corrected chi connectivity index (χ3v) is 2.30. The molecule has 1 nitrogen and oxygen atoms in total. The van der Waals surface area contributed by atoms with E-state index in [9.17, 15) is 5.11 Å². The minimum atomic E-state index is -0.0322. The maximum Gasteiger partial charge on any atom is 0.126 e. The van der Waals surface area contributed by atoms with E-state index in [2.05, 4.69) is 27.4 Å². The number of aromatic hydroxyl groups is 1. The molecule has 0 aliphatic heterocycles. The minimum Gasteiger partial charge on any atom is -0.507 e. The van der Waals surface area contributed by atoms with Crippen molar-refractivity contribution in [3.05, 3.63) is 35.9 Å². The van der Waals surface area contributed by atoms with Gasteiger partial charge in [-0.1, -0.05) is 45.5 Å². The van der Waals surface area contributed by atoms with Gasteiger partial charge in [-0.3, -0.25) is 0 Å². The molecule has 76 valence electrons. The van der Waals surface area contributed by atoms with Gasteiger partial charge < -0.3 is 5.11 Å². The quantitative estimate of drug-likeness (QED) is 0.715. The van der Waals surface area contributed by atoms with Crippen LogP contribution < -0.4 is 0 Å². The first-order valence-electron chi connectivity index (χ1n) is 4.82. The van der Waals surface area contributed by atoms with Crippen LogP contribution in [0.25, 0.3) is 5.57 Å². The molecule has 0 amide bonds. The lowest BCUT2D eigenvalue weighted by atomic mass is 9.84. The number of benzene rings is 1. The predicted molar refractivity (Wildman–Crippen MR) is 61.5 cm³/mol. The first kappa shape index (κ1) is 10.8. The first-order chi connectivity index (χ1) is 6.34. The highest BCUT2D eigenvalue weighted by molar-refractivity contribution is 5.68. The zero-order chi connectivity index (χ0) is 10.9. The van der Waals surface area contributed by atoms with Gasteiger partial charge in [0, 0.05) is 5.56 Å². The van der Waals surface area contributed by atoms with E-state index >= 15 is 0 Å². The molecule has 0 unspecified atom stereocenters. The average Bonchev–Trinajstić information content (AvgIpc) is 2.01. The van der Waals surface area contributed by atoms with Crippen LogP contribution in [0.5, 0.6) is 5.75 Å². The predicted octanol–water partition coefficient (Wildman–Crippen LogP) is 3.72. The van der Waals surface area contributed by atoms with Crippen molar-refractivity contribution in [3.63, 3.8) is 0 Å². The molecule has 0 aliphatic carbocycles. The largest absolute Gasteiger partial charge is 0.507 e. The van der Waals surface area contributed by atoms with Crippen LogP contribution in [0.4, 0.5) is 0 Å². The molecule has 0 atom stereocenters. The van der Waals surface area contributed by atoms with Crippen molar-refractivity contribution in [1.29, 1.82) is 0 Å². The van der Waals surface area contributed by atoms with Gasteiger partial charge in [0.2, 0.25) is 0 Å². The summed E-state index contributed by atoms with van der Waals surface area (Å²) in [5.41, 5.74) is 2.68. The third-order valence-electron chi connectivity index (χ3n) is 2.30. The molecule has 1 rings (SSSR count). The molecule has 0 spiro atoms. The zero-order valence-corrected chi connectivity index (χ0v) is 9.39. The summed E-state index contributed by atoms with van der Waals surface area (Å²) in [5.74, 6) is 0.368. The molecule has 14 heavy (non-hydrogen) atoms. The Morgan fingerprint density at radius 2 is 1.86 bits per heavy atom. The fourth-order valence-corrected chi connectivity index (χ4v) is 1.49. The smallest absolute Gasteiger partial charge is 0.126 e. The summed E-state index contributed by atoms with van der Waals surface area (Å²) in [5, 5.41) is 10.0. The molecule has 1 aromatic carbocycles. The first-order valence-corrected chi connectivity index (χ1v) is 4.82. The number of hydrogen-bond acceptors (Lipinski definition) is 1. The van der Waals surface area contributed by atoms with E-state index < -0.39 is 0 Å². The Labute approximate surface area is 86.1 Å². The van der Waals surface area contributed by atoms with E-state index in [1.54, 1.807) is 0 Å². The lowest BCUT2D eigenvalue weighted by Crippen LogP contribution is -2.11. The fraction of sp³-hybridized carbons (Fsp3) is 0.385. The van der Waals surface area contributed by atoms with E-state index in [0.717, 1.165) is 16.7 Å². The average molecular weight is 190 g/mol. The molecule has 1 heteroatoms. The number of allylic oxidation sites excluding steroid dienone is 1. The summed E-state index contributed by atoms with van der Waals surface area (Å²) in [7, 11) is 0. The molecule has 0 saturated heterocycles. The van der Waals surface area contributed by atoms with Gasteiger partial charge in [-0.25, -0.2) is 0 Å². The monoisotopic (exact) mass is 190 g/mol. The van der Waals surface area contributed by atoms with Crippen molar-refractivity contribution in [2.45, 2.75) is 33.1 Å². The third kappa shape index (κ3) is 1.98. The second-order valence-electron chi connectivity index (χ2n) is 4.73. The lowest BCUT2D eigenvalue weighted by molar-refractivity contribution is 0.445. The van der Waals surface area contributed by atoms with Gasteiger partial charge in [-0.15, -0.1) is 0 Å². The Kier molecular flexibility index (Phi) is 2.70. The van der Waals surface area contributed by atoms with Crippen molar-refractivity contribution in [1.82, 2.24) is 0 Å². The van der Waals surface area contributed by atoms with Crippen LogP contribution in [0.15, 0.2) is 24.8 Å². The van der Waals surface area contributed by atoms with Gasteiger partial charge in [-0.2, -0.15) is 0 Å². The molecule has 0 heterocycles. The molecule has 0 aromatic heterocycles. The number of rotatable bonds is 1. The van der Waals surface area contributed by atoms with Gasteiger partial charge in [-0.05, 0) is 23.5 Å². The fourth-order valence-electron chi connectivity index (χ4n) is 1.49. The zero-order valence-electron chi connectivity index (χ0n) is 9.39. The van der Waals surface area contributed by atoms with Crippen LogP contribution in [0.1, 0.15) is 38.8 Å². The Hall–Kier alpha value is -1.24. The molecule has 0 fully saturated rings. The minimum absolute atomic E-state index is 0.0322. The molecule has 1 N–H and O–H groups in total. The van der Waals surface area contributed by atoms with Gasteiger partial charge in [0.05, 0.1) is 0 Å². The Balaban J connectivity index is 3.35. The maximum absolute atomic E-state index is 10.0. The highest BCUT2D eigenvalue weighted by atomic mass is 16.3. The number of phenols is 1. The van der Waals surface area contributed by atoms with Crippen LogP contribution in [-0.2, 0) is 5.41 Å². The molecular formula is C13H18O. The highest BCUT2D eigenvalue weighted by Crippen LogP contribution is 2.35. The van der Waals surface area contributed by atoms with Crippen LogP contribution in [0, 0.1) is 0 Å². The Bertz CT molecular complexity index is 356. The molecule has 0 radical (unpaired) electrons. The Morgan fingerprint density at radius 1 is 1.29 bits per heavy atom. The van der Waals surface area contributed by atoms with Crippen LogP contribution in [-0.4, -0.2) is 5.11 Å². The SMILES string of the molecule is C=C(C)c1cccc(C(C)(C)C)c1O. The lowest BCUT2D eigenvalue weighted by Gasteiger charge is -2.21. The summed E-state index contributed by atoms with van der Waals surface area (Å²) in [6.45, 7) is 12.0. The van der Waals surface area contributed by atoms with Crippen LogP contribution in [0.2, 0.25) is 0 Å². The van der Waals surface area contributed by atoms with E-state index in [4.69, 9.17) is 0 Å². The molecule has 0 aliphatic rings. The summed E-state index contributed by atoms with van der Waals surface area (Å²) in [6, 6.07) is 5.82. The van der Waals surface area contributed by atoms with Crippen molar-refractivity contribution in [2.75, 3.05) is 0 Å². The summed E-state index contributed by atoms with van der Waals surface area (Å²) in [6.07, 6.45) is 0. The van der Waals surface area contributed by atoms with Crippen molar-refractivity contribution < 1.29 is 5.11 Å². The van der Waals surface area contributed by atoms with Crippen molar-refractivity contribution in [2.24, 2.45) is 0 Å². The van der Waals surface area contributed by atoms with Gasteiger partial charge in [0.15, 0.2) is 0 Å². The highest BCUT2D eigenvalue weighted by Gasteiger charge is 2.19. The van der Waals surface area contributed by atoms with Gasteiger partial charge in [0.1, 0.15) is 5.75 Å². The van der Waals surface area contributed by atoms with Gasteiger partial charge >= 0.3 is 0 Å². The van der Waals surface area contributed by atoms with Crippen LogP contribution in [0.3, 0.4) is 0 Å². The number of para-hydroxylation sites is 1. The topological polar surface area (TPSA) is 20.2 Å². The van der Waals surface area contributed by atoms with Gasteiger partial charge in [0.25, 0.3) is 0 Å². The van der Waals surface area contributed by atoms with Crippen LogP contribution >= 0.6 is 0 Å². The second-order valence-corrected chi connectivity index (χ2v) is 4.73. The van der Waals surface area contributed by atoms with E-state index in [1.165, 1.54) is 0 Å². The standard InChI is InChI=1S/C13H18O/c1-9(2)10-7-6-8-11(12(10)14)13(3,4)5/h6-8,14H,1H2,2-5H3. The van der Waals surface area contributed by atoms with Crippen molar-refractivity contribution in [3.8, 4) is 5.75 Å². The molecule has 0 bridgehead atoms. The summed E-state index contributed by atoms with van der Waals surface area (Å²) in [4.78, 5) is 0. The second kappa shape index (κ2) is 3.49. The van der Waals surface area contributed by atoms with Crippen molar-refractivity contribution >= 4 is 5.57 Å². The molecule has 1 aromatic rings. The summed E-state index contributed by atoms with van der Waals surface area (Å²) < 4.78 is 0. The summed E-state index contributed by atoms with van der Waals surface area (Å²) >= 11 is 0. The molecule has 0 saturated carbocycles. The normalized spacial score (nSPS) is 11.4. The Morgan fingerprint density at radius 3 is 2.29 bits per heavy atom. The van der Waals surface area contributed by atoms with E-state index in [0.29, 0.717) is 5.75 Å². The number of hydrogen-bond donors (Lipinski definition) is 1. The molecular weight excluding hydrogens is 172 g/mol. The maximum atomic E-state index is 10.0. The number of phenolic OH excluding ortho intramolecular Hbond substituents is 1. The van der Waals surface area contributed by atoms with E-state index in [-0.39, 0.29) is 5.41 Å². The van der Waals surface area contributed by atoms with E-state index in [1.807, 2.05) is 25.1 Å².